The molecule has 0 heterocycles. The van der Waals surface area contributed by atoms with Crippen LogP contribution in [0.3, 0.4) is 0 Å². The lowest BCUT2D eigenvalue weighted by molar-refractivity contribution is 0.420. The molecule has 0 saturated heterocycles. The minimum atomic E-state index is 0.511. The van der Waals surface area contributed by atoms with Crippen molar-refractivity contribution in [2.45, 2.75) is 52.1 Å². The van der Waals surface area contributed by atoms with Crippen LogP contribution in [0.4, 0.5) is 0 Å². The van der Waals surface area contributed by atoms with E-state index in [1.807, 2.05) is 0 Å². The van der Waals surface area contributed by atoms with Crippen molar-refractivity contribution in [1.29, 1.82) is 0 Å². The summed E-state index contributed by atoms with van der Waals surface area (Å²) >= 11 is 0. The molecule has 0 bridgehead atoms. The summed E-state index contributed by atoms with van der Waals surface area (Å²) in [4.78, 5) is 0. The highest BCUT2D eigenvalue weighted by Gasteiger charge is 2.06. The van der Waals surface area contributed by atoms with Crippen LogP contribution in [0.5, 0.6) is 0 Å². The van der Waals surface area contributed by atoms with E-state index in [-0.39, 0.29) is 0 Å². The van der Waals surface area contributed by atoms with Crippen LogP contribution in [0.25, 0.3) is 0 Å². The van der Waals surface area contributed by atoms with Crippen molar-refractivity contribution in [2.24, 2.45) is 5.73 Å². The second kappa shape index (κ2) is 6.62. The summed E-state index contributed by atoms with van der Waals surface area (Å²) in [6.45, 7) is 7.36. The minimum absolute atomic E-state index is 0.511. The monoisotopic (exact) mass is 158 g/mol. The van der Waals surface area contributed by atoms with Gasteiger partial charge in [-0.05, 0) is 19.8 Å². The van der Waals surface area contributed by atoms with Crippen LogP contribution in [0.1, 0.15) is 40.0 Å². The molecule has 68 valence electrons. The van der Waals surface area contributed by atoms with Crippen molar-refractivity contribution < 1.29 is 0 Å². The lowest BCUT2D eigenvalue weighted by Gasteiger charge is -2.20. The first-order chi connectivity index (χ1) is 5.24. The topological polar surface area (TPSA) is 38.0 Å². The van der Waals surface area contributed by atoms with Gasteiger partial charge in [0, 0.05) is 18.6 Å². The smallest absolute Gasteiger partial charge is 0.0190 e. The van der Waals surface area contributed by atoms with E-state index >= 15 is 0 Å². The zero-order chi connectivity index (χ0) is 8.69. The quantitative estimate of drug-likeness (QED) is 0.615. The van der Waals surface area contributed by atoms with E-state index in [1.165, 1.54) is 12.8 Å². The van der Waals surface area contributed by atoms with Gasteiger partial charge in [0.15, 0.2) is 0 Å². The summed E-state index contributed by atoms with van der Waals surface area (Å²) in [5.74, 6) is 0. The van der Waals surface area contributed by atoms with Gasteiger partial charge in [0.25, 0.3) is 0 Å². The molecule has 2 atom stereocenters. The van der Waals surface area contributed by atoms with Crippen LogP contribution in [-0.4, -0.2) is 18.6 Å². The number of hydrogen-bond acceptors (Lipinski definition) is 2. The SMILES string of the molecule is CCCC(C)NC(CC)CN. The average molecular weight is 158 g/mol. The van der Waals surface area contributed by atoms with Crippen LogP contribution in [0, 0.1) is 0 Å². The number of rotatable bonds is 6. The fraction of sp³-hybridized carbons (Fsp3) is 1.00. The summed E-state index contributed by atoms with van der Waals surface area (Å²) in [5.41, 5.74) is 5.57. The molecule has 2 unspecified atom stereocenters. The molecule has 0 aromatic carbocycles. The third-order valence-corrected chi connectivity index (χ3v) is 2.02. The Morgan fingerprint density at radius 1 is 1.36 bits per heavy atom. The molecule has 0 saturated carbocycles. The van der Waals surface area contributed by atoms with Crippen LogP contribution in [0.15, 0.2) is 0 Å². The molecule has 0 rings (SSSR count). The molecule has 0 radical (unpaired) electrons. The third-order valence-electron chi connectivity index (χ3n) is 2.02. The molecule has 0 spiro atoms. The summed E-state index contributed by atoms with van der Waals surface area (Å²) in [6.07, 6.45) is 3.62. The fourth-order valence-electron chi connectivity index (χ4n) is 1.27. The van der Waals surface area contributed by atoms with E-state index in [0.717, 1.165) is 13.0 Å². The molecule has 0 aliphatic rings. The molecule has 2 nitrogen and oxygen atoms in total. The highest BCUT2D eigenvalue weighted by atomic mass is 15.0. The standard InChI is InChI=1S/C9H22N2/c1-4-6-8(3)11-9(5-2)7-10/h8-9,11H,4-7,10H2,1-3H3. The zero-order valence-electron chi connectivity index (χ0n) is 8.06. The van der Waals surface area contributed by atoms with Crippen molar-refractivity contribution >= 4 is 0 Å². The number of nitrogens with two attached hydrogens (primary N) is 1. The highest BCUT2D eigenvalue weighted by Crippen LogP contribution is 1.98. The zero-order valence-corrected chi connectivity index (χ0v) is 8.06. The van der Waals surface area contributed by atoms with Gasteiger partial charge in [-0.2, -0.15) is 0 Å². The molecule has 0 aliphatic heterocycles. The van der Waals surface area contributed by atoms with Gasteiger partial charge in [-0.3, -0.25) is 0 Å². The van der Waals surface area contributed by atoms with Crippen molar-refractivity contribution in [2.75, 3.05) is 6.54 Å². The Balaban J connectivity index is 3.44. The van der Waals surface area contributed by atoms with Crippen molar-refractivity contribution in [3.8, 4) is 0 Å². The first kappa shape index (κ1) is 10.9. The summed E-state index contributed by atoms with van der Waals surface area (Å²) < 4.78 is 0. The Labute approximate surface area is 70.5 Å². The normalized spacial score (nSPS) is 16.4. The summed E-state index contributed by atoms with van der Waals surface area (Å²) in [7, 11) is 0. The average Bonchev–Trinajstić information content (AvgIpc) is 2.01. The maximum atomic E-state index is 5.57. The lowest BCUT2D eigenvalue weighted by Crippen LogP contribution is -2.40. The van der Waals surface area contributed by atoms with Gasteiger partial charge in [-0.15, -0.1) is 0 Å². The lowest BCUT2D eigenvalue weighted by atomic mass is 10.1. The Morgan fingerprint density at radius 3 is 2.36 bits per heavy atom. The van der Waals surface area contributed by atoms with Crippen LogP contribution in [0.2, 0.25) is 0 Å². The van der Waals surface area contributed by atoms with E-state index in [9.17, 15) is 0 Å². The largest absolute Gasteiger partial charge is 0.329 e. The van der Waals surface area contributed by atoms with Crippen molar-refractivity contribution in [1.82, 2.24) is 5.32 Å². The van der Waals surface area contributed by atoms with Gasteiger partial charge >= 0.3 is 0 Å². The maximum absolute atomic E-state index is 5.57. The van der Waals surface area contributed by atoms with Crippen LogP contribution >= 0.6 is 0 Å². The predicted octanol–water partition coefficient (Wildman–Crippen LogP) is 1.50. The Bertz CT molecular complexity index is 79.6. The Kier molecular flexibility index (Phi) is 6.57. The number of hydrogen-bond donors (Lipinski definition) is 2. The van der Waals surface area contributed by atoms with E-state index < -0.39 is 0 Å². The molecular formula is C9H22N2. The molecule has 0 aromatic heterocycles. The molecule has 0 fully saturated rings. The fourth-order valence-corrected chi connectivity index (χ4v) is 1.27. The minimum Gasteiger partial charge on any atom is -0.329 e. The van der Waals surface area contributed by atoms with Crippen LogP contribution < -0.4 is 11.1 Å². The molecule has 0 aliphatic carbocycles. The van der Waals surface area contributed by atoms with Gasteiger partial charge in [-0.25, -0.2) is 0 Å². The maximum Gasteiger partial charge on any atom is 0.0190 e. The summed E-state index contributed by atoms with van der Waals surface area (Å²) in [5, 5.41) is 3.49. The van der Waals surface area contributed by atoms with Crippen molar-refractivity contribution in [3.05, 3.63) is 0 Å². The Morgan fingerprint density at radius 2 is 2.00 bits per heavy atom. The van der Waals surface area contributed by atoms with E-state index in [0.29, 0.717) is 12.1 Å². The second-order valence-electron chi connectivity index (χ2n) is 3.20. The predicted molar refractivity (Wildman–Crippen MR) is 50.6 cm³/mol. The third kappa shape index (κ3) is 5.22. The molecular weight excluding hydrogens is 136 g/mol. The van der Waals surface area contributed by atoms with Gasteiger partial charge in [0.2, 0.25) is 0 Å². The Hall–Kier alpha value is -0.0800. The highest BCUT2D eigenvalue weighted by molar-refractivity contribution is 4.70. The second-order valence-corrected chi connectivity index (χ2v) is 3.20. The van der Waals surface area contributed by atoms with Crippen molar-refractivity contribution in [3.63, 3.8) is 0 Å². The molecule has 2 heteroatoms. The van der Waals surface area contributed by atoms with Gasteiger partial charge < -0.3 is 11.1 Å². The molecule has 0 amide bonds. The molecule has 11 heavy (non-hydrogen) atoms. The van der Waals surface area contributed by atoms with Gasteiger partial charge in [0.1, 0.15) is 0 Å². The first-order valence-corrected chi connectivity index (χ1v) is 4.70. The molecule has 0 aromatic rings. The first-order valence-electron chi connectivity index (χ1n) is 4.70. The van der Waals surface area contributed by atoms with Crippen LogP contribution in [-0.2, 0) is 0 Å². The number of nitrogens with one attached hydrogen (secondary N) is 1. The van der Waals surface area contributed by atoms with E-state index in [2.05, 4.69) is 26.1 Å². The van der Waals surface area contributed by atoms with E-state index in [4.69, 9.17) is 5.73 Å². The molecule has 3 N–H and O–H groups in total. The summed E-state index contributed by atoms with van der Waals surface area (Å²) in [6, 6.07) is 1.13. The van der Waals surface area contributed by atoms with E-state index in [1.54, 1.807) is 0 Å². The van der Waals surface area contributed by atoms with Gasteiger partial charge in [-0.1, -0.05) is 20.3 Å². The van der Waals surface area contributed by atoms with Gasteiger partial charge in [0.05, 0.1) is 0 Å².